The van der Waals surface area contributed by atoms with Gasteiger partial charge in [0, 0.05) is 13.0 Å². The molecule has 0 spiro atoms. The Bertz CT molecular complexity index is 1100. The van der Waals surface area contributed by atoms with Crippen molar-refractivity contribution in [3.8, 4) is 0 Å². The fourth-order valence-corrected chi connectivity index (χ4v) is 8.08. The fraction of sp³-hybridized carbons (Fsp3) is 0.677. The van der Waals surface area contributed by atoms with E-state index in [9.17, 15) is 18.0 Å². The van der Waals surface area contributed by atoms with Crippen molar-refractivity contribution in [2.75, 3.05) is 33.0 Å². The van der Waals surface area contributed by atoms with E-state index in [0.29, 0.717) is 26.0 Å². The molecule has 1 aromatic carbocycles. The standard InChI is InChI=1S/C31H52N4O6S/c1-23(2)21-26(29(36)33-32)28(30(37)34-41-27-15-10-11-19-40-27)31(22-24(3)4,17-16-25-13-8-7-9-14-25)42(38,39)20-12-18-35(5)6/h7-9,13-14,16-17,23-24,26-28H,10-12,15,18-22,32H2,1-6H3,(H,33,36)(H,34,37)/b17-16+/t26-,27?,28+,31?/m1/s1. The summed E-state index contributed by atoms with van der Waals surface area (Å²) >= 11 is 0. The molecule has 10 nitrogen and oxygen atoms in total. The normalized spacial score (nSPS) is 19.1. The van der Waals surface area contributed by atoms with Crippen molar-refractivity contribution in [1.29, 1.82) is 0 Å². The summed E-state index contributed by atoms with van der Waals surface area (Å²) in [6.07, 6.45) is 5.83. The number of carbonyl (C=O) groups excluding carboxylic acids is 2. The van der Waals surface area contributed by atoms with Gasteiger partial charge in [0.05, 0.1) is 17.6 Å². The maximum atomic E-state index is 14.7. The summed E-state index contributed by atoms with van der Waals surface area (Å²) in [5, 5.41) is 0. The quantitative estimate of drug-likeness (QED) is 0.138. The van der Waals surface area contributed by atoms with Gasteiger partial charge in [0.2, 0.25) is 11.8 Å². The molecule has 4 atom stereocenters. The molecule has 2 unspecified atom stereocenters. The minimum absolute atomic E-state index is 0.0310. The Morgan fingerprint density at radius 3 is 2.36 bits per heavy atom. The minimum atomic E-state index is -4.04. The zero-order chi connectivity index (χ0) is 31.3. The number of benzene rings is 1. The highest BCUT2D eigenvalue weighted by Crippen LogP contribution is 2.43. The molecular weight excluding hydrogens is 556 g/mol. The molecule has 1 fully saturated rings. The van der Waals surface area contributed by atoms with Crippen molar-refractivity contribution in [1.82, 2.24) is 15.8 Å². The molecule has 4 N–H and O–H groups in total. The molecule has 2 amide bonds. The van der Waals surface area contributed by atoms with Crippen LogP contribution in [0.4, 0.5) is 0 Å². The average Bonchev–Trinajstić information content (AvgIpc) is 2.94. The van der Waals surface area contributed by atoms with Crippen molar-refractivity contribution >= 4 is 27.7 Å². The molecule has 42 heavy (non-hydrogen) atoms. The van der Waals surface area contributed by atoms with Gasteiger partial charge in [-0.15, -0.1) is 0 Å². The summed E-state index contributed by atoms with van der Waals surface area (Å²) in [5.74, 6) is 1.67. The van der Waals surface area contributed by atoms with Crippen molar-refractivity contribution in [3.63, 3.8) is 0 Å². The van der Waals surface area contributed by atoms with Crippen LogP contribution in [0.2, 0.25) is 0 Å². The highest BCUT2D eigenvalue weighted by Gasteiger charge is 2.55. The number of hydroxylamine groups is 1. The SMILES string of the molecule is CC(C)C[C@@H](C(=O)NN)[C@@H](C(=O)NOC1CCCCO1)C(/C=C/c1ccccc1)(CC(C)C)S(=O)(=O)CCCN(C)C. The third kappa shape index (κ3) is 10.4. The van der Waals surface area contributed by atoms with Gasteiger partial charge in [-0.2, -0.15) is 0 Å². The summed E-state index contributed by atoms with van der Waals surface area (Å²) in [5.41, 5.74) is 5.51. The lowest BCUT2D eigenvalue weighted by Crippen LogP contribution is -2.58. The third-order valence-corrected chi connectivity index (χ3v) is 10.1. The predicted octanol–water partition coefficient (Wildman–Crippen LogP) is 3.69. The van der Waals surface area contributed by atoms with Crippen LogP contribution in [-0.4, -0.2) is 69.2 Å². The van der Waals surface area contributed by atoms with Crippen LogP contribution in [0.25, 0.3) is 6.08 Å². The maximum absolute atomic E-state index is 14.7. The topological polar surface area (TPSA) is 140 Å². The number of hydrogen-bond acceptors (Lipinski definition) is 8. The van der Waals surface area contributed by atoms with Crippen LogP contribution in [0.15, 0.2) is 36.4 Å². The van der Waals surface area contributed by atoms with Crippen molar-refractivity contribution in [3.05, 3.63) is 42.0 Å². The number of rotatable bonds is 17. The number of nitrogens with one attached hydrogen (secondary N) is 2. The molecule has 1 heterocycles. The summed E-state index contributed by atoms with van der Waals surface area (Å²) < 4.78 is 33.2. The first-order chi connectivity index (χ1) is 19.8. The number of sulfone groups is 1. The van der Waals surface area contributed by atoms with E-state index in [4.69, 9.17) is 15.4 Å². The van der Waals surface area contributed by atoms with Crippen LogP contribution < -0.4 is 16.7 Å². The zero-order valence-corrected chi connectivity index (χ0v) is 27.0. The third-order valence-electron chi connectivity index (χ3n) is 7.53. The highest BCUT2D eigenvalue weighted by molar-refractivity contribution is 7.93. The maximum Gasteiger partial charge on any atom is 0.249 e. The molecule has 1 aromatic rings. The number of nitrogens with zero attached hydrogens (tertiary/aromatic N) is 1. The Hall–Kier alpha value is -2.31. The molecule has 0 radical (unpaired) electrons. The second-order valence-corrected chi connectivity index (χ2v) is 14.8. The summed E-state index contributed by atoms with van der Waals surface area (Å²) in [6, 6.07) is 9.34. The second kappa shape index (κ2) is 17.1. The van der Waals surface area contributed by atoms with E-state index >= 15 is 0 Å². The average molecular weight is 609 g/mol. The smallest absolute Gasteiger partial charge is 0.249 e. The predicted molar refractivity (Wildman–Crippen MR) is 166 cm³/mol. The van der Waals surface area contributed by atoms with Gasteiger partial charge in [-0.25, -0.2) is 24.6 Å². The Morgan fingerprint density at radius 2 is 1.81 bits per heavy atom. The van der Waals surface area contributed by atoms with Gasteiger partial charge in [-0.05, 0) is 70.1 Å². The number of amides is 2. The lowest BCUT2D eigenvalue weighted by atomic mass is 9.72. The largest absolute Gasteiger partial charge is 0.350 e. The number of carbonyl (C=O) groups is 2. The second-order valence-electron chi connectivity index (χ2n) is 12.4. The van der Waals surface area contributed by atoms with Crippen LogP contribution in [-0.2, 0) is 29.0 Å². The summed E-state index contributed by atoms with van der Waals surface area (Å²) in [4.78, 5) is 35.3. The van der Waals surface area contributed by atoms with Crippen LogP contribution in [0.1, 0.15) is 71.8 Å². The first-order valence-corrected chi connectivity index (χ1v) is 16.7. The van der Waals surface area contributed by atoms with Gasteiger partial charge < -0.3 is 9.64 Å². The molecule has 1 aliphatic rings. The van der Waals surface area contributed by atoms with Gasteiger partial charge in [-0.3, -0.25) is 15.0 Å². The van der Waals surface area contributed by atoms with E-state index in [1.807, 2.05) is 77.0 Å². The van der Waals surface area contributed by atoms with Crippen LogP contribution in [0.3, 0.4) is 0 Å². The molecule has 0 aliphatic carbocycles. The van der Waals surface area contributed by atoms with Crippen LogP contribution in [0.5, 0.6) is 0 Å². The number of hydrogen-bond donors (Lipinski definition) is 3. The van der Waals surface area contributed by atoms with Crippen molar-refractivity contribution in [2.45, 2.75) is 77.3 Å². The van der Waals surface area contributed by atoms with Gasteiger partial charge in [-0.1, -0.05) is 70.2 Å². The summed E-state index contributed by atoms with van der Waals surface area (Å²) in [6.45, 7) is 8.75. The highest BCUT2D eigenvalue weighted by atomic mass is 32.2. The van der Waals surface area contributed by atoms with E-state index < -0.39 is 44.5 Å². The molecule has 238 valence electrons. The van der Waals surface area contributed by atoms with E-state index in [2.05, 4.69) is 10.9 Å². The zero-order valence-electron chi connectivity index (χ0n) is 26.2. The van der Waals surface area contributed by atoms with Gasteiger partial charge in [0.1, 0.15) is 4.75 Å². The molecule has 1 aliphatic heterocycles. The number of hydrazine groups is 1. The van der Waals surface area contributed by atoms with Crippen LogP contribution >= 0.6 is 0 Å². The van der Waals surface area contributed by atoms with Crippen molar-refractivity contribution < 1.29 is 27.6 Å². The monoisotopic (exact) mass is 608 g/mol. The Balaban J connectivity index is 2.79. The minimum Gasteiger partial charge on any atom is -0.350 e. The Labute approximate surface area is 252 Å². The molecule has 0 bridgehead atoms. The lowest BCUT2D eigenvalue weighted by molar-refractivity contribution is -0.203. The van der Waals surface area contributed by atoms with Gasteiger partial charge >= 0.3 is 0 Å². The summed E-state index contributed by atoms with van der Waals surface area (Å²) in [7, 11) is -0.270. The number of nitrogens with two attached hydrogens (primary N) is 1. The molecular formula is C31H52N4O6S. The Kier molecular flexibility index (Phi) is 14.6. The van der Waals surface area contributed by atoms with E-state index in [1.54, 1.807) is 12.2 Å². The van der Waals surface area contributed by atoms with Gasteiger partial charge in [0.25, 0.3) is 0 Å². The van der Waals surface area contributed by atoms with Crippen LogP contribution in [0, 0.1) is 23.7 Å². The fourth-order valence-electron chi connectivity index (χ4n) is 5.67. The molecule has 0 aromatic heterocycles. The number of ether oxygens (including phenoxy) is 1. The lowest BCUT2D eigenvalue weighted by Gasteiger charge is -2.42. The molecule has 2 rings (SSSR count). The molecule has 0 saturated carbocycles. The van der Waals surface area contributed by atoms with Crippen molar-refractivity contribution in [2.24, 2.45) is 29.5 Å². The van der Waals surface area contributed by atoms with E-state index in [-0.39, 0.29) is 30.4 Å². The first-order valence-electron chi connectivity index (χ1n) is 15.0. The Morgan fingerprint density at radius 1 is 1.12 bits per heavy atom. The van der Waals surface area contributed by atoms with E-state index in [0.717, 1.165) is 18.4 Å². The van der Waals surface area contributed by atoms with E-state index in [1.165, 1.54) is 0 Å². The molecule has 11 heteroatoms. The first kappa shape index (κ1) is 35.9. The van der Waals surface area contributed by atoms with Gasteiger partial charge in [0.15, 0.2) is 16.1 Å². The molecule has 1 saturated heterocycles.